The number of aromatic nitrogens is 2. The van der Waals surface area contributed by atoms with Crippen LogP contribution >= 0.6 is 0 Å². The quantitative estimate of drug-likeness (QED) is 0.749. The predicted molar refractivity (Wildman–Crippen MR) is 47.6 cm³/mol. The van der Waals surface area contributed by atoms with Crippen LogP contribution in [0.3, 0.4) is 0 Å². The Kier molecular flexibility index (Phi) is 2.00. The van der Waals surface area contributed by atoms with Crippen molar-refractivity contribution in [3.8, 4) is 5.88 Å². The van der Waals surface area contributed by atoms with E-state index in [2.05, 4.69) is 5.10 Å². The van der Waals surface area contributed by atoms with Crippen LogP contribution in [0, 0.1) is 0 Å². The van der Waals surface area contributed by atoms with Crippen molar-refractivity contribution in [1.29, 1.82) is 0 Å². The Balaban J connectivity index is 1.97. The molecule has 1 saturated carbocycles. The summed E-state index contributed by atoms with van der Waals surface area (Å²) in [6.07, 6.45) is 3.61. The van der Waals surface area contributed by atoms with E-state index >= 15 is 0 Å². The van der Waals surface area contributed by atoms with Crippen molar-refractivity contribution < 1.29 is 9.84 Å². The Hall–Kier alpha value is -1.03. The normalized spacial score (nSPS) is 18.6. The van der Waals surface area contributed by atoms with Gasteiger partial charge >= 0.3 is 0 Å². The van der Waals surface area contributed by atoms with Gasteiger partial charge in [0.05, 0.1) is 18.8 Å². The molecule has 72 valence electrons. The summed E-state index contributed by atoms with van der Waals surface area (Å²) in [5, 5.41) is 13.8. The summed E-state index contributed by atoms with van der Waals surface area (Å²) in [5.41, 5.74) is -0.491. The Morgan fingerprint density at radius 3 is 3.08 bits per heavy atom. The molecule has 0 spiro atoms. The smallest absolute Gasteiger partial charge is 0.232 e. The summed E-state index contributed by atoms with van der Waals surface area (Å²) >= 11 is 0. The molecule has 0 amide bonds. The number of nitrogens with zero attached hydrogens (tertiary/aromatic N) is 2. The standard InChI is InChI=1S/C9H14N2O2/c1-2-13-8-3-6-11(10-8)7-9(12)4-5-9/h3,6,12H,2,4-5,7H2,1H3. The molecule has 0 aliphatic heterocycles. The molecule has 1 aromatic heterocycles. The van der Waals surface area contributed by atoms with E-state index in [-0.39, 0.29) is 0 Å². The molecule has 0 radical (unpaired) electrons. The molecule has 4 nitrogen and oxygen atoms in total. The number of rotatable bonds is 4. The molecule has 0 aromatic carbocycles. The van der Waals surface area contributed by atoms with Crippen molar-refractivity contribution in [3.05, 3.63) is 12.3 Å². The van der Waals surface area contributed by atoms with Crippen LogP contribution in [0.1, 0.15) is 19.8 Å². The van der Waals surface area contributed by atoms with Gasteiger partial charge in [-0.1, -0.05) is 0 Å². The number of hydrogen-bond acceptors (Lipinski definition) is 3. The minimum atomic E-state index is -0.491. The molecule has 4 heteroatoms. The molecule has 1 N–H and O–H groups in total. The van der Waals surface area contributed by atoms with Gasteiger partial charge in [-0.05, 0) is 19.8 Å². The number of ether oxygens (including phenoxy) is 1. The molecule has 1 aliphatic carbocycles. The van der Waals surface area contributed by atoms with Crippen LogP contribution in [0.4, 0.5) is 0 Å². The van der Waals surface area contributed by atoms with Crippen LogP contribution in [-0.2, 0) is 6.54 Å². The lowest BCUT2D eigenvalue weighted by atomic mass is 10.3. The maximum atomic E-state index is 9.62. The topological polar surface area (TPSA) is 47.3 Å². The van der Waals surface area contributed by atoms with E-state index in [0.717, 1.165) is 12.8 Å². The Labute approximate surface area is 77.1 Å². The number of hydrogen-bond donors (Lipinski definition) is 1. The Bertz CT molecular complexity index is 292. The molecule has 1 aliphatic rings. The van der Waals surface area contributed by atoms with Crippen molar-refractivity contribution in [2.75, 3.05) is 6.61 Å². The predicted octanol–water partition coefficient (Wildman–Crippen LogP) is 0.807. The zero-order valence-corrected chi connectivity index (χ0v) is 7.73. The van der Waals surface area contributed by atoms with Crippen LogP contribution < -0.4 is 4.74 Å². The SMILES string of the molecule is CCOc1ccn(CC2(O)CC2)n1. The van der Waals surface area contributed by atoms with E-state index in [1.165, 1.54) is 0 Å². The minimum Gasteiger partial charge on any atom is -0.477 e. The van der Waals surface area contributed by atoms with Gasteiger partial charge in [-0.25, -0.2) is 0 Å². The van der Waals surface area contributed by atoms with E-state index in [1.807, 2.05) is 19.2 Å². The average Bonchev–Trinajstić information content (AvgIpc) is 2.61. The molecule has 1 fully saturated rings. The minimum absolute atomic E-state index is 0.491. The van der Waals surface area contributed by atoms with Gasteiger partial charge in [0.25, 0.3) is 0 Å². The fraction of sp³-hybridized carbons (Fsp3) is 0.667. The molecule has 2 rings (SSSR count). The second-order valence-corrected chi connectivity index (χ2v) is 3.51. The highest BCUT2D eigenvalue weighted by molar-refractivity contribution is 5.06. The maximum absolute atomic E-state index is 9.62. The molecule has 0 bridgehead atoms. The summed E-state index contributed by atoms with van der Waals surface area (Å²) in [7, 11) is 0. The maximum Gasteiger partial charge on any atom is 0.232 e. The Morgan fingerprint density at radius 1 is 1.69 bits per heavy atom. The van der Waals surface area contributed by atoms with Gasteiger partial charge in [-0.3, -0.25) is 4.68 Å². The lowest BCUT2D eigenvalue weighted by Gasteiger charge is -2.06. The van der Waals surface area contributed by atoms with E-state index in [9.17, 15) is 5.11 Å². The monoisotopic (exact) mass is 182 g/mol. The van der Waals surface area contributed by atoms with Gasteiger partial charge < -0.3 is 9.84 Å². The van der Waals surface area contributed by atoms with Gasteiger partial charge in [0, 0.05) is 12.3 Å². The largest absolute Gasteiger partial charge is 0.477 e. The first kappa shape index (κ1) is 8.56. The second-order valence-electron chi connectivity index (χ2n) is 3.51. The van der Waals surface area contributed by atoms with Crippen LogP contribution in [0.2, 0.25) is 0 Å². The third-order valence-corrected chi connectivity index (χ3v) is 2.19. The van der Waals surface area contributed by atoms with Crippen LogP contribution in [-0.4, -0.2) is 27.1 Å². The van der Waals surface area contributed by atoms with E-state index in [0.29, 0.717) is 19.0 Å². The van der Waals surface area contributed by atoms with Gasteiger partial charge in [0.15, 0.2) is 0 Å². The van der Waals surface area contributed by atoms with Crippen LogP contribution in [0.15, 0.2) is 12.3 Å². The van der Waals surface area contributed by atoms with Crippen molar-refractivity contribution >= 4 is 0 Å². The highest BCUT2D eigenvalue weighted by Gasteiger charge is 2.40. The zero-order valence-electron chi connectivity index (χ0n) is 7.73. The molecule has 1 heterocycles. The van der Waals surface area contributed by atoms with Crippen LogP contribution in [0.5, 0.6) is 5.88 Å². The lowest BCUT2D eigenvalue weighted by molar-refractivity contribution is 0.124. The molecule has 0 saturated heterocycles. The first-order valence-corrected chi connectivity index (χ1v) is 4.60. The summed E-state index contributed by atoms with van der Waals surface area (Å²) in [5.74, 6) is 0.631. The van der Waals surface area contributed by atoms with E-state index in [4.69, 9.17) is 4.74 Å². The fourth-order valence-corrected chi connectivity index (χ4v) is 1.26. The van der Waals surface area contributed by atoms with Gasteiger partial charge in [0.1, 0.15) is 0 Å². The fourth-order valence-electron chi connectivity index (χ4n) is 1.26. The molecule has 0 unspecified atom stereocenters. The van der Waals surface area contributed by atoms with E-state index < -0.39 is 5.60 Å². The molecule has 13 heavy (non-hydrogen) atoms. The highest BCUT2D eigenvalue weighted by Crippen LogP contribution is 2.36. The summed E-state index contributed by atoms with van der Waals surface area (Å²) in [6, 6.07) is 1.81. The second kappa shape index (κ2) is 3.03. The molecular weight excluding hydrogens is 168 g/mol. The summed E-state index contributed by atoms with van der Waals surface area (Å²) in [6.45, 7) is 3.13. The molecular formula is C9H14N2O2. The Morgan fingerprint density at radius 2 is 2.46 bits per heavy atom. The molecule has 0 atom stereocenters. The van der Waals surface area contributed by atoms with Crippen LogP contribution in [0.25, 0.3) is 0 Å². The third kappa shape index (κ3) is 2.01. The first-order valence-electron chi connectivity index (χ1n) is 4.60. The van der Waals surface area contributed by atoms with Crippen molar-refractivity contribution in [2.45, 2.75) is 31.9 Å². The highest BCUT2D eigenvalue weighted by atomic mass is 16.5. The van der Waals surface area contributed by atoms with Gasteiger partial charge in [0.2, 0.25) is 5.88 Å². The summed E-state index contributed by atoms with van der Waals surface area (Å²) in [4.78, 5) is 0. The lowest BCUT2D eigenvalue weighted by Crippen LogP contribution is -2.17. The number of aliphatic hydroxyl groups is 1. The van der Waals surface area contributed by atoms with Crippen molar-refractivity contribution in [2.24, 2.45) is 0 Å². The average molecular weight is 182 g/mol. The van der Waals surface area contributed by atoms with Crippen molar-refractivity contribution in [3.63, 3.8) is 0 Å². The zero-order chi connectivity index (χ0) is 9.31. The van der Waals surface area contributed by atoms with Crippen molar-refractivity contribution in [1.82, 2.24) is 9.78 Å². The van der Waals surface area contributed by atoms with Gasteiger partial charge in [-0.15, -0.1) is 5.10 Å². The summed E-state index contributed by atoms with van der Waals surface area (Å²) < 4.78 is 6.94. The first-order chi connectivity index (χ1) is 6.22. The van der Waals surface area contributed by atoms with E-state index in [1.54, 1.807) is 4.68 Å². The third-order valence-electron chi connectivity index (χ3n) is 2.19. The van der Waals surface area contributed by atoms with Gasteiger partial charge in [-0.2, -0.15) is 0 Å². The molecule has 1 aromatic rings.